The molecule has 1 aromatic heterocycles. The quantitative estimate of drug-likeness (QED) is 0.888. The molecule has 0 aliphatic heterocycles. The van der Waals surface area contributed by atoms with Crippen LogP contribution >= 0.6 is 0 Å². The van der Waals surface area contributed by atoms with E-state index in [1.165, 1.54) is 17.7 Å². The van der Waals surface area contributed by atoms with Crippen molar-refractivity contribution in [3.8, 4) is 0 Å². The molecule has 21 heavy (non-hydrogen) atoms. The SMILES string of the molecule is C[C@@](O)(CNC1CC(c2ccc(F)cc2)C1)c1ccco1. The summed E-state index contributed by atoms with van der Waals surface area (Å²) in [6, 6.07) is 10.7. The number of nitrogens with one attached hydrogen (secondary N) is 1. The van der Waals surface area contributed by atoms with Gasteiger partial charge in [0.05, 0.1) is 6.26 Å². The fourth-order valence-corrected chi connectivity index (χ4v) is 2.81. The predicted molar refractivity (Wildman–Crippen MR) is 78.4 cm³/mol. The number of hydrogen-bond acceptors (Lipinski definition) is 3. The van der Waals surface area contributed by atoms with Gasteiger partial charge in [-0.15, -0.1) is 0 Å². The maximum Gasteiger partial charge on any atom is 0.136 e. The first-order valence-corrected chi connectivity index (χ1v) is 7.30. The van der Waals surface area contributed by atoms with E-state index in [-0.39, 0.29) is 5.82 Å². The molecule has 0 spiro atoms. The summed E-state index contributed by atoms with van der Waals surface area (Å²) in [5.41, 5.74) is 0.192. The first kappa shape index (κ1) is 14.3. The highest BCUT2D eigenvalue weighted by Gasteiger charge is 2.33. The van der Waals surface area contributed by atoms with Gasteiger partial charge in [0.15, 0.2) is 0 Å². The summed E-state index contributed by atoms with van der Waals surface area (Å²) in [5, 5.41) is 13.7. The fourth-order valence-electron chi connectivity index (χ4n) is 2.81. The van der Waals surface area contributed by atoms with E-state index in [1.807, 2.05) is 12.1 Å². The van der Waals surface area contributed by atoms with Crippen molar-refractivity contribution < 1.29 is 13.9 Å². The number of benzene rings is 1. The molecule has 1 fully saturated rings. The smallest absolute Gasteiger partial charge is 0.136 e. The minimum Gasteiger partial charge on any atom is -0.466 e. The van der Waals surface area contributed by atoms with Gasteiger partial charge in [-0.25, -0.2) is 4.39 Å². The second kappa shape index (κ2) is 5.62. The van der Waals surface area contributed by atoms with E-state index in [2.05, 4.69) is 5.32 Å². The third-order valence-electron chi connectivity index (χ3n) is 4.27. The van der Waals surface area contributed by atoms with E-state index in [9.17, 15) is 9.50 Å². The lowest BCUT2D eigenvalue weighted by Crippen LogP contribution is -2.46. The summed E-state index contributed by atoms with van der Waals surface area (Å²) in [6.07, 6.45) is 3.59. The monoisotopic (exact) mass is 289 g/mol. The van der Waals surface area contributed by atoms with Crippen LogP contribution in [0.3, 0.4) is 0 Å². The molecule has 0 radical (unpaired) electrons. The van der Waals surface area contributed by atoms with Crippen LogP contribution < -0.4 is 5.32 Å². The molecule has 1 aromatic carbocycles. The van der Waals surface area contributed by atoms with E-state index < -0.39 is 5.60 Å². The Kier molecular flexibility index (Phi) is 3.83. The molecule has 0 saturated heterocycles. The van der Waals surface area contributed by atoms with Crippen LogP contribution in [0.1, 0.15) is 37.0 Å². The molecule has 1 aliphatic carbocycles. The Morgan fingerprint density at radius 1 is 1.29 bits per heavy atom. The fraction of sp³-hybridized carbons (Fsp3) is 0.412. The molecular formula is C17H20FNO2. The van der Waals surface area contributed by atoms with Crippen LogP contribution in [0.15, 0.2) is 47.1 Å². The Morgan fingerprint density at radius 3 is 2.62 bits per heavy atom. The van der Waals surface area contributed by atoms with Gasteiger partial charge in [-0.05, 0) is 55.5 Å². The summed E-state index contributed by atoms with van der Waals surface area (Å²) in [7, 11) is 0. The number of furan rings is 1. The maximum absolute atomic E-state index is 12.9. The molecular weight excluding hydrogens is 269 g/mol. The predicted octanol–water partition coefficient (Wildman–Crippen LogP) is 3.16. The summed E-state index contributed by atoms with van der Waals surface area (Å²) in [4.78, 5) is 0. The van der Waals surface area contributed by atoms with Crippen LogP contribution in [0.4, 0.5) is 4.39 Å². The first-order valence-electron chi connectivity index (χ1n) is 7.30. The molecule has 1 heterocycles. The van der Waals surface area contributed by atoms with Crippen LogP contribution in [-0.2, 0) is 5.60 Å². The highest BCUT2D eigenvalue weighted by Crippen LogP contribution is 2.37. The lowest BCUT2D eigenvalue weighted by Gasteiger charge is -2.38. The number of hydrogen-bond donors (Lipinski definition) is 2. The molecule has 3 nitrogen and oxygen atoms in total. The zero-order valence-corrected chi connectivity index (χ0v) is 12.1. The summed E-state index contributed by atoms with van der Waals surface area (Å²) < 4.78 is 18.1. The van der Waals surface area contributed by atoms with Gasteiger partial charge < -0.3 is 14.8 Å². The van der Waals surface area contributed by atoms with Gasteiger partial charge in [0.25, 0.3) is 0 Å². The van der Waals surface area contributed by atoms with Gasteiger partial charge >= 0.3 is 0 Å². The van der Waals surface area contributed by atoms with Crippen LogP contribution in [0.5, 0.6) is 0 Å². The van der Waals surface area contributed by atoms with Crippen molar-refractivity contribution in [2.45, 2.75) is 37.3 Å². The van der Waals surface area contributed by atoms with Gasteiger partial charge in [-0.3, -0.25) is 0 Å². The second-order valence-corrected chi connectivity index (χ2v) is 6.05. The number of aliphatic hydroxyl groups is 1. The van der Waals surface area contributed by atoms with Crippen LogP contribution in [0.2, 0.25) is 0 Å². The largest absolute Gasteiger partial charge is 0.466 e. The minimum absolute atomic E-state index is 0.192. The molecule has 0 amide bonds. The third-order valence-corrected chi connectivity index (χ3v) is 4.27. The molecule has 112 valence electrons. The van der Waals surface area contributed by atoms with E-state index >= 15 is 0 Å². The van der Waals surface area contributed by atoms with E-state index in [4.69, 9.17) is 4.42 Å². The molecule has 1 aliphatic rings. The Balaban J connectivity index is 1.48. The van der Waals surface area contributed by atoms with Crippen molar-refractivity contribution in [1.29, 1.82) is 0 Å². The zero-order chi connectivity index (χ0) is 14.9. The van der Waals surface area contributed by atoms with Gasteiger partial charge in [0.1, 0.15) is 17.2 Å². The van der Waals surface area contributed by atoms with Gasteiger partial charge in [0.2, 0.25) is 0 Å². The van der Waals surface area contributed by atoms with Crippen molar-refractivity contribution in [2.75, 3.05) is 6.54 Å². The second-order valence-electron chi connectivity index (χ2n) is 6.05. The van der Waals surface area contributed by atoms with Crippen molar-refractivity contribution in [1.82, 2.24) is 5.32 Å². The Morgan fingerprint density at radius 2 is 2.00 bits per heavy atom. The standard InChI is InChI=1S/C17H20FNO2/c1-17(20,16-3-2-8-21-16)11-19-15-9-13(10-15)12-4-6-14(18)7-5-12/h2-8,13,15,19-20H,9-11H2,1H3/t13?,15?,17-/m1/s1. The molecule has 3 rings (SSSR count). The highest BCUT2D eigenvalue weighted by molar-refractivity contribution is 5.23. The minimum atomic E-state index is -0.996. The van der Waals surface area contributed by atoms with Crippen LogP contribution in [0, 0.1) is 5.82 Å². The molecule has 4 heteroatoms. The lowest BCUT2D eigenvalue weighted by molar-refractivity contribution is 0.0277. The van der Waals surface area contributed by atoms with Crippen LogP contribution in [-0.4, -0.2) is 17.7 Å². The summed E-state index contributed by atoms with van der Waals surface area (Å²) in [6.45, 7) is 2.20. The summed E-state index contributed by atoms with van der Waals surface area (Å²) in [5.74, 6) is 0.864. The van der Waals surface area contributed by atoms with Crippen molar-refractivity contribution in [2.24, 2.45) is 0 Å². The topological polar surface area (TPSA) is 45.4 Å². The van der Waals surface area contributed by atoms with Crippen molar-refractivity contribution >= 4 is 0 Å². The Bertz CT molecular complexity index is 571. The van der Waals surface area contributed by atoms with Crippen molar-refractivity contribution in [3.05, 3.63) is 59.8 Å². The first-order chi connectivity index (χ1) is 10.0. The Labute approximate surface area is 123 Å². The third kappa shape index (κ3) is 3.17. The lowest BCUT2D eigenvalue weighted by atomic mass is 9.75. The van der Waals surface area contributed by atoms with E-state index in [0.29, 0.717) is 24.3 Å². The number of halogens is 1. The molecule has 0 unspecified atom stereocenters. The van der Waals surface area contributed by atoms with Gasteiger partial charge in [-0.2, -0.15) is 0 Å². The average Bonchev–Trinajstić information content (AvgIpc) is 2.93. The van der Waals surface area contributed by atoms with Gasteiger partial charge in [0, 0.05) is 12.6 Å². The Hall–Kier alpha value is -1.65. The van der Waals surface area contributed by atoms with E-state index in [1.54, 1.807) is 25.3 Å². The molecule has 2 N–H and O–H groups in total. The normalized spacial score (nSPS) is 24.3. The van der Waals surface area contributed by atoms with Gasteiger partial charge in [-0.1, -0.05) is 12.1 Å². The summed E-state index contributed by atoms with van der Waals surface area (Å²) >= 11 is 0. The maximum atomic E-state index is 12.9. The molecule has 2 aromatic rings. The average molecular weight is 289 g/mol. The highest BCUT2D eigenvalue weighted by atomic mass is 19.1. The molecule has 1 atom stereocenters. The van der Waals surface area contributed by atoms with Crippen LogP contribution in [0.25, 0.3) is 0 Å². The van der Waals surface area contributed by atoms with Crippen molar-refractivity contribution in [3.63, 3.8) is 0 Å². The molecule has 1 saturated carbocycles. The van der Waals surface area contributed by atoms with E-state index in [0.717, 1.165) is 12.8 Å². The zero-order valence-electron chi connectivity index (χ0n) is 12.1. The molecule has 0 bridgehead atoms. The number of rotatable bonds is 5.